The molecule has 1 aliphatic heterocycles. The van der Waals surface area contributed by atoms with Gasteiger partial charge in [-0.05, 0) is 19.4 Å². The molecule has 0 spiro atoms. The standard InChI is InChI=1S/C11H13ClN4/c12-10-7-16-6-9(15-11(16)5-14-10)8-2-1-3-13-4-8/h5-8,13H,1-4H2. The molecule has 0 saturated carbocycles. The van der Waals surface area contributed by atoms with Gasteiger partial charge in [0.1, 0.15) is 5.15 Å². The van der Waals surface area contributed by atoms with Gasteiger partial charge in [0.15, 0.2) is 5.65 Å². The van der Waals surface area contributed by atoms with Crippen molar-refractivity contribution in [3.05, 3.63) is 29.4 Å². The van der Waals surface area contributed by atoms with E-state index in [2.05, 4.69) is 21.5 Å². The van der Waals surface area contributed by atoms with Crippen LogP contribution in [0.25, 0.3) is 5.65 Å². The van der Waals surface area contributed by atoms with Gasteiger partial charge in [-0.1, -0.05) is 11.6 Å². The van der Waals surface area contributed by atoms with Crippen molar-refractivity contribution in [3.63, 3.8) is 0 Å². The number of piperidine rings is 1. The first-order valence-electron chi connectivity index (χ1n) is 5.54. The maximum atomic E-state index is 5.84. The van der Waals surface area contributed by atoms with Gasteiger partial charge in [0.2, 0.25) is 0 Å². The highest BCUT2D eigenvalue weighted by Gasteiger charge is 2.17. The third kappa shape index (κ3) is 1.79. The Morgan fingerprint density at radius 3 is 3.19 bits per heavy atom. The van der Waals surface area contributed by atoms with Crippen molar-refractivity contribution in [2.75, 3.05) is 13.1 Å². The second-order valence-corrected chi connectivity index (χ2v) is 4.57. The Morgan fingerprint density at radius 1 is 1.44 bits per heavy atom. The van der Waals surface area contributed by atoms with E-state index in [1.165, 1.54) is 12.8 Å². The van der Waals surface area contributed by atoms with Crippen LogP contribution in [0, 0.1) is 0 Å². The molecule has 0 aromatic carbocycles. The predicted molar refractivity (Wildman–Crippen MR) is 62.8 cm³/mol. The Kier molecular flexibility index (Phi) is 2.53. The van der Waals surface area contributed by atoms with Crippen LogP contribution >= 0.6 is 11.6 Å². The van der Waals surface area contributed by atoms with Gasteiger partial charge < -0.3 is 9.72 Å². The lowest BCUT2D eigenvalue weighted by Crippen LogP contribution is -2.28. The molecule has 4 nitrogen and oxygen atoms in total. The normalized spacial score (nSPS) is 21.4. The van der Waals surface area contributed by atoms with E-state index in [4.69, 9.17) is 11.6 Å². The largest absolute Gasteiger partial charge is 0.316 e. The second kappa shape index (κ2) is 4.03. The van der Waals surface area contributed by atoms with Crippen molar-refractivity contribution >= 4 is 17.2 Å². The molecule has 1 saturated heterocycles. The minimum Gasteiger partial charge on any atom is -0.316 e. The maximum absolute atomic E-state index is 5.84. The van der Waals surface area contributed by atoms with Crippen molar-refractivity contribution in [1.82, 2.24) is 19.7 Å². The van der Waals surface area contributed by atoms with Crippen molar-refractivity contribution in [1.29, 1.82) is 0 Å². The van der Waals surface area contributed by atoms with E-state index in [1.807, 2.05) is 4.40 Å². The van der Waals surface area contributed by atoms with Gasteiger partial charge >= 0.3 is 0 Å². The Morgan fingerprint density at radius 2 is 2.38 bits per heavy atom. The molecule has 3 heterocycles. The predicted octanol–water partition coefficient (Wildman–Crippen LogP) is 1.85. The molecular formula is C11H13ClN4. The van der Waals surface area contributed by atoms with Crippen LogP contribution in [0.2, 0.25) is 5.15 Å². The molecule has 0 amide bonds. The van der Waals surface area contributed by atoms with Gasteiger partial charge in [-0.15, -0.1) is 0 Å². The van der Waals surface area contributed by atoms with Gasteiger partial charge in [-0.3, -0.25) is 0 Å². The molecule has 0 aliphatic carbocycles. The quantitative estimate of drug-likeness (QED) is 0.822. The van der Waals surface area contributed by atoms with Crippen LogP contribution < -0.4 is 5.32 Å². The summed E-state index contributed by atoms with van der Waals surface area (Å²) < 4.78 is 1.94. The number of imidazole rings is 1. The molecule has 0 radical (unpaired) electrons. The van der Waals surface area contributed by atoms with Crippen molar-refractivity contribution in [2.24, 2.45) is 0 Å². The van der Waals surface area contributed by atoms with Crippen LogP contribution in [-0.4, -0.2) is 27.5 Å². The molecule has 2 aromatic rings. The third-order valence-corrected chi connectivity index (χ3v) is 3.24. The first kappa shape index (κ1) is 10.1. The lowest BCUT2D eigenvalue weighted by atomic mass is 9.97. The van der Waals surface area contributed by atoms with Gasteiger partial charge in [-0.25, -0.2) is 9.97 Å². The average molecular weight is 237 g/mol. The number of hydrogen-bond acceptors (Lipinski definition) is 3. The molecule has 84 valence electrons. The Balaban J connectivity index is 1.97. The number of halogens is 1. The number of rotatable bonds is 1. The fourth-order valence-electron chi connectivity index (χ4n) is 2.19. The van der Waals surface area contributed by atoms with E-state index in [9.17, 15) is 0 Å². The average Bonchev–Trinajstić information content (AvgIpc) is 2.73. The van der Waals surface area contributed by atoms with Gasteiger partial charge in [0.05, 0.1) is 11.9 Å². The summed E-state index contributed by atoms with van der Waals surface area (Å²) in [5.74, 6) is 0.521. The molecular weight excluding hydrogens is 224 g/mol. The Bertz CT molecular complexity index is 502. The first-order valence-corrected chi connectivity index (χ1v) is 5.91. The molecule has 3 rings (SSSR count). The molecule has 2 aromatic heterocycles. The maximum Gasteiger partial charge on any atom is 0.155 e. The zero-order valence-corrected chi connectivity index (χ0v) is 9.61. The highest BCUT2D eigenvalue weighted by Crippen LogP contribution is 2.22. The number of nitrogens with one attached hydrogen (secondary N) is 1. The summed E-state index contributed by atoms with van der Waals surface area (Å²) in [6, 6.07) is 0. The van der Waals surface area contributed by atoms with E-state index in [0.29, 0.717) is 11.1 Å². The molecule has 1 aliphatic rings. The summed E-state index contributed by atoms with van der Waals surface area (Å²) in [6.07, 6.45) is 7.99. The number of aromatic nitrogens is 3. The van der Waals surface area contributed by atoms with E-state index < -0.39 is 0 Å². The molecule has 16 heavy (non-hydrogen) atoms. The van der Waals surface area contributed by atoms with Crippen molar-refractivity contribution in [2.45, 2.75) is 18.8 Å². The highest BCUT2D eigenvalue weighted by molar-refractivity contribution is 6.29. The minimum atomic E-state index is 0.498. The first-order chi connectivity index (χ1) is 7.83. The summed E-state index contributed by atoms with van der Waals surface area (Å²) in [5.41, 5.74) is 2.00. The van der Waals surface area contributed by atoms with Gasteiger partial charge in [0, 0.05) is 24.9 Å². The van der Waals surface area contributed by atoms with E-state index in [1.54, 1.807) is 12.4 Å². The smallest absolute Gasteiger partial charge is 0.155 e. The number of nitrogens with zero attached hydrogens (tertiary/aromatic N) is 3. The summed E-state index contributed by atoms with van der Waals surface area (Å²) in [7, 11) is 0. The zero-order chi connectivity index (χ0) is 11.0. The Labute approximate surface area is 98.7 Å². The molecule has 5 heteroatoms. The fourth-order valence-corrected chi connectivity index (χ4v) is 2.35. The third-order valence-electron chi connectivity index (χ3n) is 3.04. The molecule has 0 bridgehead atoms. The number of fused-ring (bicyclic) bond motifs is 1. The van der Waals surface area contributed by atoms with Crippen molar-refractivity contribution in [3.8, 4) is 0 Å². The number of hydrogen-bond donors (Lipinski definition) is 1. The molecule has 1 atom stereocenters. The van der Waals surface area contributed by atoms with Crippen LogP contribution in [0.15, 0.2) is 18.6 Å². The lowest BCUT2D eigenvalue weighted by molar-refractivity contribution is 0.456. The fraction of sp³-hybridized carbons (Fsp3) is 0.455. The van der Waals surface area contributed by atoms with Crippen molar-refractivity contribution < 1.29 is 0 Å². The van der Waals surface area contributed by atoms with E-state index in [0.717, 1.165) is 24.4 Å². The minimum absolute atomic E-state index is 0.498. The SMILES string of the molecule is Clc1cn2cc(C3CCCNC3)nc2cn1. The van der Waals surface area contributed by atoms with Crippen LogP contribution in [0.1, 0.15) is 24.5 Å². The molecule has 1 fully saturated rings. The van der Waals surface area contributed by atoms with E-state index in [-0.39, 0.29) is 0 Å². The summed E-state index contributed by atoms with van der Waals surface area (Å²) in [6.45, 7) is 2.14. The molecule has 1 N–H and O–H groups in total. The lowest BCUT2D eigenvalue weighted by Gasteiger charge is -2.20. The second-order valence-electron chi connectivity index (χ2n) is 4.18. The topological polar surface area (TPSA) is 42.2 Å². The van der Waals surface area contributed by atoms with Crippen LogP contribution in [0.3, 0.4) is 0 Å². The summed E-state index contributed by atoms with van der Waals surface area (Å²) >= 11 is 5.84. The van der Waals surface area contributed by atoms with Gasteiger partial charge in [-0.2, -0.15) is 0 Å². The van der Waals surface area contributed by atoms with Crippen LogP contribution in [0.5, 0.6) is 0 Å². The highest BCUT2D eigenvalue weighted by atomic mass is 35.5. The van der Waals surface area contributed by atoms with E-state index >= 15 is 0 Å². The van der Waals surface area contributed by atoms with Gasteiger partial charge in [0.25, 0.3) is 0 Å². The monoisotopic (exact) mass is 236 g/mol. The summed E-state index contributed by atoms with van der Waals surface area (Å²) in [5, 5.41) is 3.90. The summed E-state index contributed by atoms with van der Waals surface area (Å²) in [4.78, 5) is 8.61. The zero-order valence-electron chi connectivity index (χ0n) is 8.86. The van der Waals surface area contributed by atoms with Crippen LogP contribution in [-0.2, 0) is 0 Å². The van der Waals surface area contributed by atoms with Crippen LogP contribution in [0.4, 0.5) is 0 Å². The Hall–Kier alpha value is -1.13. The molecule has 1 unspecified atom stereocenters.